The van der Waals surface area contributed by atoms with Crippen LogP contribution in [0.3, 0.4) is 0 Å². The Kier molecular flexibility index (Phi) is 4.84. The molecule has 0 saturated heterocycles. The van der Waals surface area contributed by atoms with E-state index in [1.54, 1.807) is 20.2 Å². The first-order chi connectivity index (χ1) is 12.1. The molecule has 0 atom stereocenters. The van der Waals surface area contributed by atoms with Crippen molar-refractivity contribution in [2.75, 3.05) is 12.8 Å². The molecule has 5 heteroatoms. The molecule has 128 valence electrons. The fourth-order valence-corrected chi connectivity index (χ4v) is 2.67. The lowest BCUT2D eigenvalue weighted by Gasteiger charge is -2.07. The van der Waals surface area contributed by atoms with Gasteiger partial charge in [0, 0.05) is 13.1 Å². The van der Waals surface area contributed by atoms with Crippen LogP contribution in [-0.4, -0.2) is 16.7 Å². The number of nitrogens with two attached hydrogens (primary N) is 1. The molecular weight excluding hydrogens is 314 g/mol. The average Bonchev–Trinajstić information content (AvgIpc) is 2.64. The molecule has 0 bridgehead atoms. The van der Waals surface area contributed by atoms with Crippen LogP contribution in [0.25, 0.3) is 11.1 Å². The van der Waals surface area contributed by atoms with E-state index in [2.05, 4.69) is 35.3 Å². The Labute approximate surface area is 146 Å². The molecule has 5 nitrogen and oxygen atoms in total. The van der Waals surface area contributed by atoms with Crippen molar-refractivity contribution >= 4 is 5.95 Å². The number of aromatic nitrogens is 2. The van der Waals surface area contributed by atoms with E-state index in [0.29, 0.717) is 6.42 Å². The number of methoxy groups -OCH3 is 1. The molecule has 0 aliphatic carbocycles. The third kappa shape index (κ3) is 3.88. The molecule has 0 unspecified atom stereocenters. The van der Waals surface area contributed by atoms with Crippen LogP contribution in [0, 0.1) is 0 Å². The number of ether oxygens (including phenoxy) is 1. The Morgan fingerprint density at radius 3 is 2.48 bits per heavy atom. The molecule has 3 aromatic rings. The molecular formula is C20H21N3O2. The van der Waals surface area contributed by atoms with Crippen molar-refractivity contribution in [3.63, 3.8) is 0 Å². The van der Waals surface area contributed by atoms with Crippen molar-refractivity contribution in [3.05, 3.63) is 76.2 Å². The highest BCUT2D eigenvalue weighted by Gasteiger charge is 2.04. The summed E-state index contributed by atoms with van der Waals surface area (Å²) in [7, 11) is 3.28. The summed E-state index contributed by atoms with van der Waals surface area (Å²) in [5, 5.41) is 0. The van der Waals surface area contributed by atoms with Crippen molar-refractivity contribution < 1.29 is 4.74 Å². The number of hydrogen-bond acceptors (Lipinski definition) is 4. The number of benzene rings is 2. The monoisotopic (exact) mass is 335 g/mol. The van der Waals surface area contributed by atoms with Gasteiger partial charge in [-0.3, -0.25) is 9.36 Å². The van der Waals surface area contributed by atoms with Gasteiger partial charge >= 0.3 is 0 Å². The number of nitrogens with zero attached hydrogens (tertiary/aromatic N) is 2. The molecule has 2 aromatic carbocycles. The van der Waals surface area contributed by atoms with E-state index in [1.165, 1.54) is 10.1 Å². The predicted molar refractivity (Wildman–Crippen MR) is 99.7 cm³/mol. The number of hydrogen-bond donors (Lipinski definition) is 1. The first-order valence-electron chi connectivity index (χ1n) is 8.12. The van der Waals surface area contributed by atoms with E-state index in [9.17, 15) is 4.79 Å². The summed E-state index contributed by atoms with van der Waals surface area (Å²) in [6, 6.07) is 17.9. The molecule has 0 aliphatic heterocycles. The van der Waals surface area contributed by atoms with Crippen LogP contribution in [0.4, 0.5) is 5.95 Å². The highest BCUT2D eigenvalue weighted by Crippen LogP contribution is 2.24. The molecule has 1 heterocycles. The third-order valence-corrected chi connectivity index (χ3v) is 4.25. The summed E-state index contributed by atoms with van der Waals surface area (Å²) < 4.78 is 6.61. The smallest absolute Gasteiger partial charge is 0.254 e. The first-order valence-corrected chi connectivity index (χ1v) is 8.12. The van der Waals surface area contributed by atoms with Gasteiger partial charge in [-0.25, -0.2) is 4.98 Å². The molecule has 0 spiro atoms. The third-order valence-electron chi connectivity index (χ3n) is 4.25. The van der Waals surface area contributed by atoms with Crippen molar-refractivity contribution in [2.24, 2.45) is 7.05 Å². The topological polar surface area (TPSA) is 70.1 Å². The zero-order valence-electron chi connectivity index (χ0n) is 14.4. The number of rotatable bonds is 5. The second-order valence-electron chi connectivity index (χ2n) is 5.93. The molecule has 1 aromatic heterocycles. The quantitative estimate of drug-likeness (QED) is 0.778. The lowest BCUT2D eigenvalue weighted by Crippen LogP contribution is -2.21. The first kappa shape index (κ1) is 16.8. The van der Waals surface area contributed by atoms with Crippen LogP contribution < -0.4 is 16.0 Å². The fraction of sp³-hybridized carbons (Fsp3) is 0.200. The van der Waals surface area contributed by atoms with Crippen molar-refractivity contribution in [3.8, 4) is 16.9 Å². The van der Waals surface area contributed by atoms with Crippen LogP contribution in [0.5, 0.6) is 5.75 Å². The molecule has 0 fully saturated rings. The van der Waals surface area contributed by atoms with Crippen LogP contribution in [0.15, 0.2) is 59.4 Å². The van der Waals surface area contributed by atoms with Crippen LogP contribution >= 0.6 is 0 Å². The zero-order valence-corrected chi connectivity index (χ0v) is 14.4. The molecule has 0 aliphatic rings. The van der Waals surface area contributed by atoms with E-state index in [0.717, 1.165) is 29.0 Å². The largest absolute Gasteiger partial charge is 0.497 e. The maximum Gasteiger partial charge on any atom is 0.254 e. The molecule has 2 N–H and O–H groups in total. The van der Waals surface area contributed by atoms with Crippen LogP contribution in [0.1, 0.15) is 11.3 Å². The highest BCUT2D eigenvalue weighted by molar-refractivity contribution is 5.65. The minimum absolute atomic E-state index is 0.129. The van der Waals surface area contributed by atoms with E-state index < -0.39 is 0 Å². The maximum absolute atomic E-state index is 11.8. The summed E-state index contributed by atoms with van der Waals surface area (Å²) in [5.41, 5.74) is 9.77. The normalized spacial score (nSPS) is 10.6. The molecule has 3 rings (SSSR count). The van der Waals surface area contributed by atoms with E-state index in [4.69, 9.17) is 10.5 Å². The summed E-state index contributed by atoms with van der Waals surface area (Å²) >= 11 is 0. The lowest BCUT2D eigenvalue weighted by atomic mass is 10.0. The van der Waals surface area contributed by atoms with Gasteiger partial charge in [0.2, 0.25) is 5.95 Å². The number of nitrogen functional groups attached to an aromatic ring is 1. The Morgan fingerprint density at radius 1 is 1.04 bits per heavy atom. The number of anilines is 1. The Hall–Kier alpha value is -3.08. The van der Waals surface area contributed by atoms with Gasteiger partial charge in [-0.15, -0.1) is 0 Å². The summed E-state index contributed by atoms with van der Waals surface area (Å²) in [6.07, 6.45) is 1.48. The van der Waals surface area contributed by atoms with Crippen molar-refractivity contribution in [2.45, 2.75) is 12.8 Å². The second-order valence-corrected chi connectivity index (χ2v) is 5.93. The van der Waals surface area contributed by atoms with Gasteiger partial charge in [0.1, 0.15) is 5.75 Å². The fourth-order valence-electron chi connectivity index (χ4n) is 2.67. The zero-order chi connectivity index (χ0) is 17.8. The van der Waals surface area contributed by atoms with Crippen molar-refractivity contribution in [1.82, 2.24) is 9.55 Å². The number of aryl methyl sites for hydroxylation is 2. The Bertz CT molecular complexity index is 930. The van der Waals surface area contributed by atoms with E-state index >= 15 is 0 Å². The molecule has 25 heavy (non-hydrogen) atoms. The van der Waals surface area contributed by atoms with Gasteiger partial charge in [0.05, 0.1) is 12.8 Å². The van der Waals surface area contributed by atoms with Gasteiger partial charge in [-0.1, -0.05) is 36.4 Å². The molecule has 0 radical (unpaired) electrons. The Balaban J connectivity index is 1.71. The summed E-state index contributed by atoms with van der Waals surface area (Å²) in [4.78, 5) is 16.0. The van der Waals surface area contributed by atoms with Gasteiger partial charge < -0.3 is 10.5 Å². The van der Waals surface area contributed by atoms with Gasteiger partial charge in [-0.2, -0.15) is 0 Å². The summed E-state index contributed by atoms with van der Waals surface area (Å²) in [5.74, 6) is 1.09. The van der Waals surface area contributed by atoms with Gasteiger partial charge in [0.15, 0.2) is 0 Å². The van der Waals surface area contributed by atoms with Crippen LogP contribution in [0.2, 0.25) is 0 Å². The average molecular weight is 335 g/mol. The highest BCUT2D eigenvalue weighted by atomic mass is 16.5. The standard InChI is InChI=1S/C20H21N3O2/c1-23-19(24)13-17(22-20(23)21)11-8-14-6-9-15(10-7-14)16-4-3-5-18(12-16)25-2/h3-7,9-10,12-13H,8,11H2,1-2H3,(H2,21,22). The van der Waals surface area contributed by atoms with E-state index in [1.807, 2.05) is 18.2 Å². The lowest BCUT2D eigenvalue weighted by molar-refractivity contribution is 0.415. The summed E-state index contributed by atoms with van der Waals surface area (Å²) in [6.45, 7) is 0. The van der Waals surface area contributed by atoms with Gasteiger partial charge in [-0.05, 0) is 41.7 Å². The Morgan fingerprint density at radius 2 is 1.80 bits per heavy atom. The van der Waals surface area contributed by atoms with Crippen LogP contribution in [-0.2, 0) is 19.9 Å². The van der Waals surface area contributed by atoms with Crippen molar-refractivity contribution in [1.29, 1.82) is 0 Å². The van der Waals surface area contributed by atoms with Gasteiger partial charge in [0.25, 0.3) is 5.56 Å². The molecule has 0 amide bonds. The maximum atomic E-state index is 11.8. The minimum Gasteiger partial charge on any atom is -0.497 e. The predicted octanol–water partition coefficient (Wildman–Crippen LogP) is 2.82. The SMILES string of the molecule is COc1cccc(-c2ccc(CCc3cc(=O)n(C)c(N)n3)cc2)c1. The second kappa shape index (κ2) is 7.21. The van der Waals surface area contributed by atoms with E-state index in [-0.39, 0.29) is 11.5 Å². The molecule has 0 saturated carbocycles. The minimum atomic E-state index is -0.129.